The lowest BCUT2D eigenvalue weighted by atomic mass is 10.0. The highest BCUT2D eigenvalue weighted by Gasteiger charge is 2.23. The number of H-pyrrole nitrogens is 1. The summed E-state index contributed by atoms with van der Waals surface area (Å²) in [5.74, 6) is -0.161. The summed E-state index contributed by atoms with van der Waals surface area (Å²) in [5, 5.41) is 5.91. The van der Waals surface area contributed by atoms with E-state index in [1.807, 2.05) is 0 Å². The van der Waals surface area contributed by atoms with Crippen LogP contribution in [0.1, 0.15) is 26.4 Å². The van der Waals surface area contributed by atoms with Gasteiger partial charge in [-0.3, -0.25) is 4.79 Å². The van der Waals surface area contributed by atoms with Crippen LogP contribution < -0.4 is 24.4 Å². The topological polar surface area (TPSA) is 111 Å². The highest BCUT2D eigenvalue weighted by atomic mass is 79.9. The van der Waals surface area contributed by atoms with Gasteiger partial charge in [-0.2, -0.15) is 5.10 Å². The summed E-state index contributed by atoms with van der Waals surface area (Å²) < 4.78 is 22.4. The van der Waals surface area contributed by atoms with Crippen molar-refractivity contribution in [2.75, 3.05) is 21.3 Å². The zero-order valence-corrected chi connectivity index (χ0v) is 27.7. The summed E-state index contributed by atoms with van der Waals surface area (Å²) in [4.78, 5) is 29.7. The first-order chi connectivity index (χ1) is 21.6. The quantitative estimate of drug-likeness (QED) is 0.0681. The normalized spacial score (nSPS) is 11.1. The van der Waals surface area contributed by atoms with Crippen LogP contribution in [0, 0.1) is 0 Å². The first kappa shape index (κ1) is 32.2. The van der Waals surface area contributed by atoms with Crippen LogP contribution >= 0.6 is 50.7 Å². The first-order valence-electron chi connectivity index (χ1n) is 13.1. The van der Waals surface area contributed by atoms with E-state index in [1.165, 1.54) is 39.7 Å². The van der Waals surface area contributed by atoms with Gasteiger partial charge in [0.05, 0.1) is 43.6 Å². The molecule has 0 saturated heterocycles. The van der Waals surface area contributed by atoms with Gasteiger partial charge in [-0.1, -0.05) is 68.9 Å². The van der Waals surface area contributed by atoms with Crippen molar-refractivity contribution in [3.05, 3.63) is 103 Å². The van der Waals surface area contributed by atoms with Gasteiger partial charge in [-0.25, -0.2) is 10.2 Å². The standard InChI is InChI=1S/C32H23BrCl3N3O6/c1-42-25-11-16(12-26(43-2)30(25)44-3)32(41)45-24-9-8-18(33)10-17(24)15-37-39-31(40)29-27(20-6-4-5-7-22(20)35)21-13-19(34)14-23(36)28(21)38-29/h4-15,38H,1-3H3,(H,39,40). The maximum absolute atomic E-state index is 13.5. The van der Waals surface area contributed by atoms with Crippen molar-refractivity contribution >= 4 is 79.7 Å². The molecule has 4 aromatic carbocycles. The molecule has 5 aromatic rings. The SMILES string of the molecule is COc1cc(C(=O)Oc2ccc(Br)cc2C=NNC(=O)c2[nH]c3c(Cl)cc(Cl)cc3c2-c2ccccc2Cl)cc(OC)c1OC. The number of rotatable bonds is 9. The highest BCUT2D eigenvalue weighted by Crippen LogP contribution is 2.41. The number of amides is 1. The Morgan fingerprint density at radius 2 is 1.58 bits per heavy atom. The number of benzene rings is 4. The van der Waals surface area contributed by atoms with E-state index in [2.05, 4.69) is 31.4 Å². The molecule has 0 radical (unpaired) electrons. The molecule has 1 amide bonds. The number of nitrogens with zero attached hydrogens (tertiary/aromatic N) is 1. The number of hydrogen-bond donors (Lipinski definition) is 2. The number of carbonyl (C=O) groups excluding carboxylic acids is 2. The van der Waals surface area contributed by atoms with Crippen molar-refractivity contribution in [1.29, 1.82) is 0 Å². The Kier molecular flexibility index (Phi) is 9.89. The molecule has 0 saturated carbocycles. The summed E-state index contributed by atoms with van der Waals surface area (Å²) in [6.45, 7) is 0. The molecule has 5 rings (SSSR count). The predicted octanol–water partition coefficient (Wildman–Crippen LogP) is 8.57. The summed E-state index contributed by atoms with van der Waals surface area (Å²) in [6, 6.07) is 18.3. The fourth-order valence-electron chi connectivity index (χ4n) is 4.62. The maximum atomic E-state index is 13.5. The lowest BCUT2D eigenvalue weighted by Gasteiger charge is -2.14. The molecule has 1 heterocycles. The third-order valence-electron chi connectivity index (χ3n) is 6.64. The van der Waals surface area contributed by atoms with Crippen LogP contribution in [0.3, 0.4) is 0 Å². The van der Waals surface area contributed by atoms with Crippen LogP contribution in [0.15, 0.2) is 76.3 Å². The number of aromatic amines is 1. The average molecular weight is 732 g/mol. The minimum Gasteiger partial charge on any atom is -0.493 e. The van der Waals surface area contributed by atoms with Gasteiger partial charge >= 0.3 is 5.97 Å². The molecule has 1 aromatic heterocycles. The number of fused-ring (bicyclic) bond motifs is 1. The molecule has 9 nitrogen and oxygen atoms in total. The Labute approximate surface area is 281 Å². The van der Waals surface area contributed by atoms with Crippen molar-refractivity contribution < 1.29 is 28.5 Å². The number of halogens is 4. The second-order valence-corrected chi connectivity index (χ2v) is 11.5. The van der Waals surface area contributed by atoms with E-state index in [1.54, 1.807) is 54.6 Å². The number of methoxy groups -OCH3 is 3. The van der Waals surface area contributed by atoms with E-state index in [9.17, 15) is 9.59 Å². The van der Waals surface area contributed by atoms with Crippen LogP contribution in [0.25, 0.3) is 22.0 Å². The number of hydrazone groups is 1. The summed E-state index contributed by atoms with van der Waals surface area (Å²) in [7, 11) is 4.35. The molecule has 13 heteroatoms. The average Bonchev–Trinajstić information content (AvgIpc) is 3.41. The molecular formula is C32H23BrCl3N3O6. The Morgan fingerprint density at radius 1 is 0.867 bits per heavy atom. The molecule has 0 fully saturated rings. The van der Waals surface area contributed by atoms with Crippen LogP contribution in [0.4, 0.5) is 0 Å². The van der Waals surface area contributed by atoms with E-state index >= 15 is 0 Å². The molecule has 45 heavy (non-hydrogen) atoms. The molecular weight excluding hydrogens is 709 g/mol. The lowest BCUT2D eigenvalue weighted by molar-refractivity contribution is 0.0733. The second-order valence-electron chi connectivity index (χ2n) is 9.35. The molecule has 0 bridgehead atoms. The number of hydrogen-bond acceptors (Lipinski definition) is 7. The molecule has 0 aliphatic rings. The molecule has 0 unspecified atom stereocenters. The largest absolute Gasteiger partial charge is 0.493 e. The highest BCUT2D eigenvalue weighted by molar-refractivity contribution is 9.10. The third kappa shape index (κ3) is 6.74. The van der Waals surface area contributed by atoms with Gasteiger partial charge in [0.15, 0.2) is 11.5 Å². The zero-order chi connectivity index (χ0) is 32.2. The van der Waals surface area contributed by atoms with Gasteiger partial charge in [0.2, 0.25) is 5.75 Å². The van der Waals surface area contributed by atoms with Crippen molar-refractivity contribution in [1.82, 2.24) is 10.4 Å². The van der Waals surface area contributed by atoms with Crippen LogP contribution in [-0.2, 0) is 0 Å². The van der Waals surface area contributed by atoms with Gasteiger partial charge in [-0.15, -0.1) is 0 Å². The maximum Gasteiger partial charge on any atom is 0.343 e. The van der Waals surface area contributed by atoms with E-state index in [0.717, 1.165) is 0 Å². The molecule has 0 atom stereocenters. The summed E-state index contributed by atoms with van der Waals surface area (Å²) >= 11 is 22.7. The molecule has 0 aliphatic heterocycles. The lowest BCUT2D eigenvalue weighted by Crippen LogP contribution is -2.19. The fourth-order valence-corrected chi connectivity index (χ4v) is 5.77. The van der Waals surface area contributed by atoms with Gasteiger partial charge in [0.1, 0.15) is 11.4 Å². The Hall–Kier alpha value is -4.22. The minimum atomic E-state index is -0.687. The van der Waals surface area contributed by atoms with Gasteiger partial charge in [-0.05, 0) is 48.5 Å². The molecule has 230 valence electrons. The summed E-state index contributed by atoms with van der Waals surface area (Å²) in [5.41, 5.74) is 4.87. The smallest absolute Gasteiger partial charge is 0.343 e. The van der Waals surface area contributed by atoms with Crippen molar-refractivity contribution in [3.8, 4) is 34.1 Å². The number of nitrogens with one attached hydrogen (secondary N) is 2. The Balaban J connectivity index is 1.44. The monoisotopic (exact) mass is 729 g/mol. The van der Waals surface area contributed by atoms with E-state index < -0.39 is 11.9 Å². The van der Waals surface area contributed by atoms with Crippen LogP contribution in [0.5, 0.6) is 23.0 Å². The van der Waals surface area contributed by atoms with Crippen LogP contribution in [-0.4, -0.2) is 44.4 Å². The number of ether oxygens (including phenoxy) is 4. The number of esters is 1. The van der Waals surface area contributed by atoms with Gasteiger partial charge < -0.3 is 23.9 Å². The number of carbonyl (C=O) groups is 2. The van der Waals surface area contributed by atoms with Gasteiger partial charge in [0.25, 0.3) is 5.91 Å². The third-order valence-corrected chi connectivity index (χ3v) is 7.98. The second kappa shape index (κ2) is 13.8. The predicted molar refractivity (Wildman–Crippen MR) is 179 cm³/mol. The first-order valence-corrected chi connectivity index (χ1v) is 15.0. The fraction of sp³-hybridized carbons (Fsp3) is 0.0938. The van der Waals surface area contributed by atoms with E-state index in [0.29, 0.717) is 64.4 Å². The number of aromatic nitrogens is 1. The van der Waals surface area contributed by atoms with Crippen LogP contribution in [0.2, 0.25) is 15.1 Å². The summed E-state index contributed by atoms with van der Waals surface area (Å²) in [6.07, 6.45) is 1.35. The van der Waals surface area contributed by atoms with E-state index in [-0.39, 0.29) is 17.0 Å². The molecule has 2 N–H and O–H groups in total. The Bertz CT molecular complexity index is 1950. The minimum absolute atomic E-state index is 0.160. The van der Waals surface area contributed by atoms with Crippen molar-refractivity contribution in [2.24, 2.45) is 5.10 Å². The van der Waals surface area contributed by atoms with Crippen molar-refractivity contribution in [2.45, 2.75) is 0 Å². The molecule has 0 aliphatic carbocycles. The molecule has 0 spiro atoms. The zero-order valence-electron chi connectivity index (χ0n) is 23.8. The Morgan fingerprint density at radius 3 is 2.24 bits per heavy atom. The van der Waals surface area contributed by atoms with Gasteiger partial charge in [0, 0.05) is 36.6 Å². The van der Waals surface area contributed by atoms with E-state index in [4.69, 9.17) is 53.8 Å². The van der Waals surface area contributed by atoms with Crippen molar-refractivity contribution in [3.63, 3.8) is 0 Å².